The minimum Gasteiger partial charge on any atom is -0.392 e. The number of primary amides is 1. The van der Waals surface area contributed by atoms with E-state index in [1.54, 1.807) is 10.4 Å². The average molecular weight is 526 g/mol. The SMILES string of the molecule is NC(=O)c1cc(-c2cccc(CO)c2)cc2c(C3CCN(S(=O)(=O)CCCN4CCCC4)CC3)[nH]nc12. The highest BCUT2D eigenvalue weighted by molar-refractivity contribution is 7.89. The topological polar surface area (TPSA) is 133 Å². The Morgan fingerprint density at radius 1 is 1.08 bits per heavy atom. The second-order valence-corrected chi connectivity index (χ2v) is 12.3. The predicted octanol–water partition coefficient (Wildman–Crippen LogP) is 2.82. The zero-order chi connectivity index (χ0) is 26.0. The van der Waals surface area contributed by atoms with Crippen molar-refractivity contribution < 1.29 is 18.3 Å². The van der Waals surface area contributed by atoms with Gasteiger partial charge in [0.2, 0.25) is 10.0 Å². The molecule has 0 aliphatic carbocycles. The number of nitrogens with zero attached hydrogens (tertiary/aromatic N) is 3. The van der Waals surface area contributed by atoms with Crippen molar-refractivity contribution in [2.75, 3.05) is 38.5 Å². The molecule has 1 aromatic heterocycles. The number of carbonyl (C=O) groups is 1. The van der Waals surface area contributed by atoms with Crippen LogP contribution in [0.3, 0.4) is 0 Å². The molecule has 0 bridgehead atoms. The van der Waals surface area contributed by atoms with Crippen LogP contribution >= 0.6 is 0 Å². The lowest BCUT2D eigenvalue weighted by molar-refractivity contribution is 0.100. The van der Waals surface area contributed by atoms with Gasteiger partial charge in [-0.05, 0) is 86.6 Å². The second-order valence-electron chi connectivity index (χ2n) is 10.2. The van der Waals surface area contributed by atoms with Crippen molar-refractivity contribution in [3.8, 4) is 11.1 Å². The van der Waals surface area contributed by atoms with E-state index in [2.05, 4.69) is 15.1 Å². The van der Waals surface area contributed by atoms with Crippen molar-refractivity contribution in [3.05, 3.63) is 53.2 Å². The van der Waals surface area contributed by atoms with Gasteiger partial charge in [0.1, 0.15) is 5.52 Å². The molecular weight excluding hydrogens is 490 g/mol. The molecule has 3 aromatic rings. The summed E-state index contributed by atoms with van der Waals surface area (Å²) < 4.78 is 27.5. The Morgan fingerprint density at radius 3 is 2.54 bits per heavy atom. The number of fused-ring (bicyclic) bond motifs is 1. The summed E-state index contributed by atoms with van der Waals surface area (Å²) in [6.07, 6.45) is 4.45. The van der Waals surface area contributed by atoms with Crippen LogP contribution in [0, 0.1) is 0 Å². The van der Waals surface area contributed by atoms with Crippen LogP contribution in [0.4, 0.5) is 0 Å². The Hall–Kier alpha value is -2.79. The summed E-state index contributed by atoms with van der Waals surface area (Å²) in [5.41, 5.74) is 9.95. The number of sulfonamides is 1. The minimum absolute atomic E-state index is 0.0739. The molecule has 1 amide bonds. The normalized spacial score (nSPS) is 18.1. The molecule has 2 aliphatic heterocycles. The van der Waals surface area contributed by atoms with Gasteiger partial charge in [-0.2, -0.15) is 5.10 Å². The lowest BCUT2D eigenvalue weighted by Crippen LogP contribution is -2.39. The summed E-state index contributed by atoms with van der Waals surface area (Å²) in [4.78, 5) is 14.6. The molecule has 0 radical (unpaired) electrons. The van der Waals surface area contributed by atoms with Crippen molar-refractivity contribution in [1.82, 2.24) is 19.4 Å². The first-order valence-electron chi connectivity index (χ1n) is 13.1. The quantitative estimate of drug-likeness (QED) is 0.394. The van der Waals surface area contributed by atoms with Crippen LogP contribution in [0.1, 0.15) is 59.6 Å². The van der Waals surface area contributed by atoms with Gasteiger partial charge < -0.3 is 15.7 Å². The lowest BCUT2D eigenvalue weighted by atomic mass is 9.90. The molecule has 2 fully saturated rings. The van der Waals surface area contributed by atoms with Gasteiger partial charge in [0.05, 0.1) is 17.9 Å². The highest BCUT2D eigenvalue weighted by atomic mass is 32.2. The molecule has 3 heterocycles. The molecule has 2 saturated heterocycles. The van der Waals surface area contributed by atoms with Crippen molar-refractivity contribution in [2.45, 2.75) is 44.6 Å². The summed E-state index contributed by atoms with van der Waals surface area (Å²) in [6, 6.07) is 11.3. The number of benzene rings is 2. The fourth-order valence-electron chi connectivity index (χ4n) is 5.68. The summed E-state index contributed by atoms with van der Waals surface area (Å²) in [5, 5.41) is 17.9. The maximum absolute atomic E-state index is 13.0. The molecule has 0 spiro atoms. The summed E-state index contributed by atoms with van der Waals surface area (Å²) >= 11 is 0. The van der Waals surface area contributed by atoms with Crippen LogP contribution in [-0.2, 0) is 16.6 Å². The van der Waals surface area contributed by atoms with E-state index in [1.165, 1.54) is 12.8 Å². The van der Waals surface area contributed by atoms with Crippen LogP contribution in [0.25, 0.3) is 22.0 Å². The number of aromatic nitrogens is 2. The van der Waals surface area contributed by atoms with Crippen molar-refractivity contribution in [3.63, 3.8) is 0 Å². The summed E-state index contributed by atoms with van der Waals surface area (Å²) in [6.45, 7) is 3.87. The number of nitrogens with one attached hydrogen (secondary N) is 1. The zero-order valence-electron chi connectivity index (χ0n) is 21.0. The number of aromatic amines is 1. The van der Waals surface area contributed by atoms with Gasteiger partial charge in [-0.25, -0.2) is 12.7 Å². The van der Waals surface area contributed by atoms with Gasteiger partial charge in [-0.15, -0.1) is 0 Å². The maximum Gasteiger partial charge on any atom is 0.251 e. The minimum atomic E-state index is -3.28. The lowest BCUT2D eigenvalue weighted by Gasteiger charge is -2.31. The molecule has 2 aliphatic rings. The summed E-state index contributed by atoms with van der Waals surface area (Å²) in [7, 11) is -3.28. The van der Waals surface area contributed by atoms with Crippen LogP contribution in [0.15, 0.2) is 36.4 Å². The fourth-order valence-corrected chi connectivity index (χ4v) is 7.20. The predicted molar refractivity (Wildman–Crippen MR) is 144 cm³/mol. The van der Waals surface area contributed by atoms with E-state index in [4.69, 9.17) is 5.73 Å². The number of H-pyrrole nitrogens is 1. The van der Waals surface area contributed by atoms with Crippen LogP contribution in [0.2, 0.25) is 0 Å². The van der Waals surface area contributed by atoms with Crippen molar-refractivity contribution in [2.24, 2.45) is 5.73 Å². The number of aliphatic hydroxyl groups excluding tert-OH is 1. The number of nitrogens with two attached hydrogens (primary N) is 1. The molecule has 0 saturated carbocycles. The highest BCUT2D eigenvalue weighted by Crippen LogP contribution is 2.36. The van der Waals surface area contributed by atoms with Crippen molar-refractivity contribution >= 4 is 26.8 Å². The molecule has 198 valence electrons. The van der Waals surface area contributed by atoms with Crippen LogP contribution in [-0.4, -0.2) is 77.3 Å². The van der Waals surface area contributed by atoms with Crippen molar-refractivity contribution in [1.29, 1.82) is 0 Å². The molecule has 2 aromatic carbocycles. The number of carbonyl (C=O) groups excluding carboxylic acids is 1. The van der Waals surface area contributed by atoms with E-state index in [0.717, 1.165) is 47.4 Å². The van der Waals surface area contributed by atoms with Crippen LogP contribution in [0.5, 0.6) is 0 Å². The Balaban J connectivity index is 1.33. The Labute approximate surface area is 217 Å². The number of piperidine rings is 1. The Kier molecular flexibility index (Phi) is 7.62. The molecule has 10 heteroatoms. The Morgan fingerprint density at radius 2 is 1.84 bits per heavy atom. The fraction of sp³-hybridized carbons (Fsp3) is 0.481. The number of hydrogen-bond donors (Lipinski definition) is 3. The smallest absolute Gasteiger partial charge is 0.251 e. The number of amides is 1. The van der Waals surface area contributed by atoms with Crippen LogP contribution < -0.4 is 5.73 Å². The van der Waals surface area contributed by atoms with E-state index >= 15 is 0 Å². The average Bonchev–Trinajstić information content (AvgIpc) is 3.58. The standard InChI is InChI=1S/C27H35N5O4S/c28-27(34)24-17-22(21-6-3-5-19(15-21)18-33)16-23-25(29-30-26(23)24)20-7-12-32(13-8-20)37(35,36)14-4-11-31-9-1-2-10-31/h3,5-6,15-17,20,33H,1-2,4,7-14,18H2,(H2,28,34)(H,29,30). The molecular formula is C27H35N5O4S. The first-order chi connectivity index (χ1) is 17.9. The molecule has 9 nitrogen and oxygen atoms in total. The summed E-state index contributed by atoms with van der Waals surface area (Å²) in [5.74, 6) is -0.266. The zero-order valence-corrected chi connectivity index (χ0v) is 21.8. The second kappa shape index (κ2) is 10.9. The van der Waals surface area contributed by atoms with Gasteiger partial charge in [-0.3, -0.25) is 9.89 Å². The first kappa shape index (κ1) is 25.8. The third-order valence-electron chi connectivity index (χ3n) is 7.73. The van der Waals surface area contributed by atoms with Gasteiger partial charge in [0, 0.05) is 30.1 Å². The molecule has 4 N–H and O–H groups in total. The van der Waals surface area contributed by atoms with Gasteiger partial charge in [0.25, 0.3) is 5.91 Å². The molecule has 5 rings (SSSR count). The number of likely N-dealkylation sites (tertiary alicyclic amines) is 1. The number of aliphatic hydroxyl groups is 1. The number of rotatable bonds is 9. The molecule has 0 unspecified atom stereocenters. The largest absolute Gasteiger partial charge is 0.392 e. The van der Waals surface area contributed by atoms with E-state index in [-0.39, 0.29) is 18.3 Å². The molecule has 0 atom stereocenters. The van der Waals surface area contributed by atoms with E-state index in [9.17, 15) is 18.3 Å². The van der Waals surface area contributed by atoms with E-state index in [0.29, 0.717) is 43.4 Å². The van der Waals surface area contributed by atoms with E-state index in [1.807, 2.05) is 30.3 Å². The third-order valence-corrected chi connectivity index (χ3v) is 9.68. The Bertz CT molecular complexity index is 1370. The molecule has 37 heavy (non-hydrogen) atoms. The van der Waals surface area contributed by atoms with E-state index < -0.39 is 15.9 Å². The van der Waals surface area contributed by atoms with Gasteiger partial charge in [-0.1, -0.05) is 18.2 Å². The maximum atomic E-state index is 13.0. The third kappa shape index (κ3) is 5.57. The number of hydrogen-bond acceptors (Lipinski definition) is 6. The highest BCUT2D eigenvalue weighted by Gasteiger charge is 2.30. The van der Waals surface area contributed by atoms with Gasteiger partial charge >= 0.3 is 0 Å². The first-order valence-corrected chi connectivity index (χ1v) is 14.7. The van der Waals surface area contributed by atoms with Gasteiger partial charge in [0.15, 0.2) is 0 Å². The monoisotopic (exact) mass is 525 g/mol.